The summed E-state index contributed by atoms with van der Waals surface area (Å²) in [6.07, 6.45) is 3.49. The van der Waals surface area contributed by atoms with Gasteiger partial charge in [0, 0.05) is 13.2 Å². The average molecular weight is 189 g/mol. The Morgan fingerprint density at radius 3 is 2.54 bits per heavy atom. The van der Waals surface area contributed by atoms with Crippen molar-refractivity contribution in [3.05, 3.63) is 0 Å². The molecular weight excluding hydrogens is 166 g/mol. The van der Waals surface area contributed by atoms with Crippen LogP contribution in [-0.2, 0) is 0 Å². The Morgan fingerprint density at radius 1 is 1.31 bits per heavy atom. The summed E-state index contributed by atoms with van der Waals surface area (Å²) >= 11 is 0. The van der Waals surface area contributed by atoms with E-state index in [0.717, 1.165) is 13.1 Å². The maximum absolute atomic E-state index is 9.50. The Balaban J connectivity index is 3.35. The van der Waals surface area contributed by atoms with E-state index in [1.165, 1.54) is 12.8 Å². The fraction of sp³-hybridized carbons (Fsp3) is 1.00. The number of aliphatic hydroxyl groups excluding tert-OH is 2. The van der Waals surface area contributed by atoms with Crippen LogP contribution in [0.2, 0.25) is 0 Å². The smallest absolute Gasteiger partial charge is 0.0667 e. The number of rotatable bonds is 8. The van der Waals surface area contributed by atoms with E-state index in [-0.39, 0.29) is 12.7 Å². The molecular formula is C10H23NO2. The Bertz CT molecular complexity index is 97.1. The summed E-state index contributed by atoms with van der Waals surface area (Å²) < 4.78 is 0. The highest BCUT2D eigenvalue weighted by Gasteiger charge is 2.06. The lowest BCUT2D eigenvalue weighted by atomic mass is 10.2. The van der Waals surface area contributed by atoms with Gasteiger partial charge in [-0.3, -0.25) is 0 Å². The van der Waals surface area contributed by atoms with Gasteiger partial charge in [0.15, 0.2) is 0 Å². The number of aliphatic hydroxyl groups is 2. The molecule has 0 aliphatic carbocycles. The lowest BCUT2D eigenvalue weighted by molar-refractivity contribution is 0.108. The molecule has 80 valence electrons. The Kier molecular flexibility index (Phi) is 8.40. The second kappa shape index (κ2) is 8.48. The van der Waals surface area contributed by atoms with Crippen LogP contribution in [0.1, 0.15) is 32.6 Å². The van der Waals surface area contributed by atoms with Crippen molar-refractivity contribution in [2.24, 2.45) is 0 Å². The van der Waals surface area contributed by atoms with Crippen LogP contribution in [-0.4, -0.2) is 48.0 Å². The minimum absolute atomic E-state index is 0.176. The zero-order valence-corrected chi connectivity index (χ0v) is 8.87. The first-order chi connectivity index (χ1) is 6.20. The normalized spacial score (nSPS) is 13.6. The van der Waals surface area contributed by atoms with Crippen LogP contribution in [0, 0.1) is 0 Å². The highest BCUT2D eigenvalue weighted by molar-refractivity contribution is 4.61. The van der Waals surface area contributed by atoms with Crippen molar-refractivity contribution in [1.82, 2.24) is 4.90 Å². The summed E-state index contributed by atoms with van der Waals surface area (Å²) in [5.74, 6) is 0. The van der Waals surface area contributed by atoms with Crippen molar-refractivity contribution in [1.29, 1.82) is 0 Å². The molecule has 0 rings (SSSR count). The van der Waals surface area contributed by atoms with Crippen molar-refractivity contribution in [3.8, 4) is 0 Å². The van der Waals surface area contributed by atoms with Gasteiger partial charge in [-0.15, -0.1) is 0 Å². The Hall–Kier alpha value is -0.120. The lowest BCUT2D eigenvalue weighted by Crippen LogP contribution is -2.30. The van der Waals surface area contributed by atoms with Crippen LogP contribution >= 0.6 is 0 Å². The second-order valence-corrected chi connectivity index (χ2v) is 3.64. The molecule has 0 aromatic rings. The fourth-order valence-electron chi connectivity index (χ4n) is 1.30. The number of nitrogens with zero attached hydrogens (tertiary/aromatic N) is 1. The SMILES string of the molecule is CCCCN(C)CC(O)CCCO. The van der Waals surface area contributed by atoms with E-state index in [4.69, 9.17) is 5.11 Å². The average Bonchev–Trinajstić information content (AvgIpc) is 2.11. The summed E-state index contributed by atoms with van der Waals surface area (Å²) in [6, 6.07) is 0. The van der Waals surface area contributed by atoms with Crippen LogP contribution in [0.4, 0.5) is 0 Å². The first kappa shape index (κ1) is 12.9. The van der Waals surface area contributed by atoms with Crippen molar-refractivity contribution >= 4 is 0 Å². The highest BCUT2D eigenvalue weighted by atomic mass is 16.3. The molecule has 13 heavy (non-hydrogen) atoms. The first-order valence-corrected chi connectivity index (χ1v) is 5.18. The van der Waals surface area contributed by atoms with Crippen molar-refractivity contribution < 1.29 is 10.2 Å². The summed E-state index contributed by atoms with van der Waals surface area (Å²) in [5.41, 5.74) is 0. The fourth-order valence-corrected chi connectivity index (χ4v) is 1.30. The standard InChI is InChI=1S/C10H23NO2/c1-3-4-7-11(2)9-10(13)6-5-8-12/h10,12-13H,3-9H2,1-2H3. The summed E-state index contributed by atoms with van der Waals surface area (Å²) in [4.78, 5) is 2.14. The van der Waals surface area contributed by atoms with Gasteiger partial charge in [0.25, 0.3) is 0 Å². The molecule has 0 bridgehead atoms. The minimum Gasteiger partial charge on any atom is -0.396 e. The molecule has 3 nitrogen and oxygen atoms in total. The van der Waals surface area contributed by atoms with Gasteiger partial charge in [0.05, 0.1) is 6.10 Å². The zero-order valence-electron chi connectivity index (χ0n) is 8.87. The molecule has 0 spiro atoms. The molecule has 1 unspecified atom stereocenters. The summed E-state index contributed by atoms with van der Waals surface area (Å²) in [6.45, 7) is 4.11. The van der Waals surface area contributed by atoms with E-state index in [9.17, 15) is 5.11 Å². The lowest BCUT2D eigenvalue weighted by Gasteiger charge is -2.19. The van der Waals surface area contributed by atoms with Gasteiger partial charge < -0.3 is 15.1 Å². The maximum atomic E-state index is 9.50. The van der Waals surface area contributed by atoms with Crippen molar-refractivity contribution in [2.45, 2.75) is 38.7 Å². The van der Waals surface area contributed by atoms with Gasteiger partial charge in [-0.2, -0.15) is 0 Å². The summed E-state index contributed by atoms with van der Waals surface area (Å²) in [5, 5.41) is 18.1. The number of hydrogen-bond acceptors (Lipinski definition) is 3. The molecule has 0 saturated heterocycles. The second-order valence-electron chi connectivity index (χ2n) is 3.64. The molecule has 1 atom stereocenters. The van der Waals surface area contributed by atoms with E-state index in [1.807, 2.05) is 7.05 Å². The molecule has 0 aromatic heterocycles. The Morgan fingerprint density at radius 2 is 2.00 bits per heavy atom. The van der Waals surface area contributed by atoms with Gasteiger partial charge in [0.2, 0.25) is 0 Å². The molecule has 0 radical (unpaired) electrons. The zero-order chi connectivity index (χ0) is 10.1. The van der Waals surface area contributed by atoms with E-state index >= 15 is 0 Å². The topological polar surface area (TPSA) is 43.7 Å². The van der Waals surface area contributed by atoms with E-state index in [0.29, 0.717) is 12.8 Å². The van der Waals surface area contributed by atoms with Crippen molar-refractivity contribution in [3.63, 3.8) is 0 Å². The number of likely N-dealkylation sites (N-methyl/N-ethyl adjacent to an activating group) is 1. The van der Waals surface area contributed by atoms with Crippen LogP contribution in [0.15, 0.2) is 0 Å². The van der Waals surface area contributed by atoms with Gasteiger partial charge in [-0.25, -0.2) is 0 Å². The van der Waals surface area contributed by atoms with Crippen LogP contribution in [0.25, 0.3) is 0 Å². The molecule has 0 aromatic carbocycles. The first-order valence-electron chi connectivity index (χ1n) is 5.18. The molecule has 0 amide bonds. The third kappa shape index (κ3) is 8.22. The predicted molar refractivity (Wildman–Crippen MR) is 54.7 cm³/mol. The molecule has 0 aliphatic heterocycles. The van der Waals surface area contributed by atoms with Crippen LogP contribution in [0.3, 0.4) is 0 Å². The third-order valence-corrected chi connectivity index (χ3v) is 2.11. The monoisotopic (exact) mass is 189 g/mol. The molecule has 0 heterocycles. The van der Waals surface area contributed by atoms with Crippen LogP contribution in [0.5, 0.6) is 0 Å². The van der Waals surface area contributed by atoms with Gasteiger partial charge >= 0.3 is 0 Å². The van der Waals surface area contributed by atoms with E-state index in [2.05, 4.69) is 11.8 Å². The quantitative estimate of drug-likeness (QED) is 0.595. The molecule has 2 N–H and O–H groups in total. The van der Waals surface area contributed by atoms with Crippen molar-refractivity contribution in [2.75, 3.05) is 26.7 Å². The summed E-state index contributed by atoms with van der Waals surface area (Å²) in [7, 11) is 2.03. The van der Waals surface area contributed by atoms with Gasteiger partial charge in [0.1, 0.15) is 0 Å². The van der Waals surface area contributed by atoms with Crippen LogP contribution < -0.4 is 0 Å². The minimum atomic E-state index is -0.283. The van der Waals surface area contributed by atoms with Gasteiger partial charge in [-0.1, -0.05) is 13.3 Å². The maximum Gasteiger partial charge on any atom is 0.0667 e. The number of hydrogen-bond donors (Lipinski definition) is 2. The highest BCUT2D eigenvalue weighted by Crippen LogP contribution is 1.99. The molecule has 0 saturated carbocycles. The Labute approximate surface area is 81.4 Å². The number of unbranched alkanes of at least 4 members (excludes halogenated alkanes) is 1. The largest absolute Gasteiger partial charge is 0.396 e. The van der Waals surface area contributed by atoms with E-state index < -0.39 is 0 Å². The molecule has 0 fully saturated rings. The predicted octanol–water partition coefficient (Wildman–Crippen LogP) is 0.852. The third-order valence-electron chi connectivity index (χ3n) is 2.11. The molecule has 3 heteroatoms. The van der Waals surface area contributed by atoms with E-state index in [1.54, 1.807) is 0 Å². The molecule has 0 aliphatic rings. The van der Waals surface area contributed by atoms with Gasteiger partial charge in [-0.05, 0) is 32.9 Å².